The highest BCUT2D eigenvalue weighted by Gasteiger charge is 2.10. The van der Waals surface area contributed by atoms with Gasteiger partial charge in [-0.3, -0.25) is 9.78 Å². The van der Waals surface area contributed by atoms with Crippen LogP contribution in [-0.2, 0) is 17.6 Å². The quantitative estimate of drug-likeness (QED) is 0.837. The van der Waals surface area contributed by atoms with Crippen LogP contribution in [0.1, 0.15) is 49.9 Å². The summed E-state index contributed by atoms with van der Waals surface area (Å²) in [6.07, 6.45) is 5.85. The molecule has 1 N–H and O–H groups in total. The summed E-state index contributed by atoms with van der Waals surface area (Å²) in [5, 5.41) is 3.07. The van der Waals surface area contributed by atoms with E-state index in [4.69, 9.17) is 0 Å². The first kappa shape index (κ1) is 17.2. The SMILES string of the molecule is CC(C)Cc1ccc(C(C)NC(=O)CCc2ccncc2)cc1. The average Bonchev–Trinajstić information content (AvgIpc) is 2.54. The second-order valence-electron chi connectivity index (χ2n) is 6.48. The van der Waals surface area contributed by atoms with Crippen LogP contribution in [0.2, 0.25) is 0 Å². The molecule has 0 aliphatic carbocycles. The molecule has 2 rings (SSSR count). The average molecular weight is 310 g/mol. The minimum absolute atomic E-state index is 0.0352. The number of aromatic nitrogens is 1. The van der Waals surface area contributed by atoms with Gasteiger partial charge < -0.3 is 5.32 Å². The molecule has 122 valence electrons. The Kier molecular flexibility index (Phi) is 6.33. The lowest BCUT2D eigenvalue weighted by Gasteiger charge is -2.15. The Hall–Kier alpha value is -2.16. The standard InChI is InChI=1S/C20H26N2O/c1-15(2)14-18-4-7-19(8-5-18)16(3)22-20(23)9-6-17-10-12-21-13-11-17/h4-5,7-8,10-13,15-16H,6,9,14H2,1-3H3,(H,22,23). The molecule has 3 heteroatoms. The molecule has 23 heavy (non-hydrogen) atoms. The molecule has 3 nitrogen and oxygen atoms in total. The van der Waals surface area contributed by atoms with Crippen molar-refractivity contribution in [3.8, 4) is 0 Å². The van der Waals surface area contributed by atoms with Gasteiger partial charge in [-0.05, 0) is 54.5 Å². The molecule has 0 bridgehead atoms. The van der Waals surface area contributed by atoms with Gasteiger partial charge in [-0.25, -0.2) is 0 Å². The third-order valence-electron chi connectivity index (χ3n) is 3.89. The summed E-state index contributed by atoms with van der Waals surface area (Å²) in [6, 6.07) is 12.5. The summed E-state index contributed by atoms with van der Waals surface area (Å²) in [7, 11) is 0. The highest BCUT2D eigenvalue weighted by atomic mass is 16.1. The molecule has 0 fully saturated rings. The molecule has 1 heterocycles. The first-order valence-corrected chi connectivity index (χ1v) is 8.31. The second-order valence-corrected chi connectivity index (χ2v) is 6.48. The van der Waals surface area contributed by atoms with E-state index >= 15 is 0 Å². The molecule has 0 aliphatic rings. The van der Waals surface area contributed by atoms with Crippen LogP contribution in [0.3, 0.4) is 0 Å². The maximum atomic E-state index is 12.1. The van der Waals surface area contributed by atoms with E-state index in [0.29, 0.717) is 12.3 Å². The monoisotopic (exact) mass is 310 g/mol. The fourth-order valence-corrected chi connectivity index (χ4v) is 2.62. The van der Waals surface area contributed by atoms with Crippen molar-refractivity contribution in [2.45, 2.75) is 46.1 Å². The zero-order valence-electron chi connectivity index (χ0n) is 14.3. The molecule has 1 aromatic heterocycles. The first-order chi connectivity index (χ1) is 11.0. The van der Waals surface area contributed by atoms with E-state index in [1.165, 1.54) is 5.56 Å². The predicted octanol–water partition coefficient (Wildman–Crippen LogP) is 4.09. The second kappa shape index (κ2) is 8.47. The number of carbonyl (C=O) groups is 1. The summed E-state index contributed by atoms with van der Waals surface area (Å²) in [5.41, 5.74) is 3.63. The summed E-state index contributed by atoms with van der Waals surface area (Å²) in [5.74, 6) is 0.742. The molecule has 0 aliphatic heterocycles. The van der Waals surface area contributed by atoms with Gasteiger partial charge in [0.15, 0.2) is 0 Å². The van der Waals surface area contributed by atoms with Crippen LogP contribution in [0.4, 0.5) is 0 Å². The molecule has 1 amide bonds. The van der Waals surface area contributed by atoms with Crippen LogP contribution >= 0.6 is 0 Å². The zero-order valence-corrected chi connectivity index (χ0v) is 14.3. The normalized spacial score (nSPS) is 12.2. The third-order valence-corrected chi connectivity index (χ3v) is 3.89. The number of benzene rings is 1. The highest BCUT2D eigenvalue weighted by molar-refractivity contribution is 5.76. The van der Waals surface area contributed by atoms with Crippen LogP contribution < -0.4 is 5.32 Å². The van der Waals surface area contributed by atoms with E-state index in [1.54, 1.807) is 12.4 Å². The van der Waals surface area contributed by atoms with Gasteiger partial charge in [0, 0.05) is 18.8 Å². The Morgan fingerprint density at radius 1 is 1.00 bits per heavy atom. The summed E-state index contributed by atoms with van der Waals surface area (Å²) in [6.45, 7) is 6.47. The fraction of sp³-hybridized carbons (Fsp3) is 0.400. The van der Waals surface area contributed by atoms with Crippen LogP contribution in [-0.4, -0.2) is 10.9 Å². The number of pyridine rings is 1. The lowest BCUT2D eigenvalue weighted by Crippen LogP contribution is -2.26. The molecular formula is C20H26N2O. The van der Waals surface area contributed by atoms with Crippen molar-refractivity contribution in [3.05, 3.63) is 65.5 Å². The number of rotatable bonds is 7. The van der Waals surface area contributed by atoms with Crippen molar-refractivity contribution < 1.29 is 4.79 Å². The van der Waals surface area contributed by atoms with E-state index in [9.17, 15) is 4.79 Å². The van der Waals surface area contributed by atoms with Crippen molar-refractivity contribution in [2.75, 3.05) is 0 Å². The van der Waals surface area contributed by atoms with Crippen LogP contribution in [0.25, 0.3) is 0 Å². The number of aryl methyl sites for hydroxylation is 1. The van der Waals surface area contributed by atoms with Crippen LogP contribution in [0.15, 0.2) is 48.8 Å². The number of amides is 1. The fourth-order valence-electron chi connectivity index (χ4n) is 2.62. The minimum Gasteiger partial charge on any atom is -0.350 e. The number of carbonyl (C=O) groups excluding carboxylic acids is 1. The lowest BCUT2D eigenvalue weighted by molar-refractivity contribution is -0.121. The molecule has 0 saturated heterocycles. The van der Waals surface area contributed by atoms with E-state index < -0.39 is 0 Å². The first-order valence-electron chi connectivity index (χ1n) is 8.31. The number of hydrogen-bond acceptors (Lipinski definition) is 2. The van der Waals surface area contributed by atoms with Gasteiger partial charge >= 0.3 is 0 Å². The molecule has 0 spiro atoms. The van der Waals surface area contributed by atoms with Gasteiger partial charge in [-0.15, -0.1) is 0 Å². The number of nitrogens with one attached hydrogen (secondary N) is 1. The molecule has 1 unspecified atom stereocenters. The van der Waals surface area contributed by atoms with Crippen molar-refractivity contribution in [1.82, 2.24) is 10.3 Å². The van der Waals surface area contributed by atoms with Crippen molar-refractivity contribution in [2.24, 2.45) is 5.92 Å². The number of hydrogen-bond donors (Lipinski definition) is 1. The highest BCUT2D eigenvalue weighted by Crippen LogP contribution is 2.16. The van der Waals surface area contributed by atoms with Gasteiger partial charge in [0.25, 0.3) is 0 Å². The zero-order chi connectivity index (χ0) is 16.7. The summed E-state index contributed by atoms with van der Waals surface area (Å²) in [4.78, 5) is 16.1. The van der Waals surface area contributed by atoms with Crippen molar-refractivity contribution >= 4 is 5.91 Å². The Morgan fingerprint density at radius 2 is 1.65 bits per heavy atom. The van der Waals surface area contributed by atoms with E-state index in [2.05, 4.69) is 48.4 Å². The maximum Gasteiger partial charge on any atom is 0.220 e. The largest absolute Gasteiger partial charge is 0.350 e. The Bertz CT molecular complexity index is 605. The van der Waals surface area contributed by atoms with Crippen molar-refractivity contribution in [1.29, 1.82) is 0 Å². The smallest absolute Gasteiger partial charge is 0.220 e. The molecule has 1 atom stereocenters. The Balaban J connectivity index is 1.83. The van der Waals surface area contributed by atoms with Gasteiger partial charge in [0.2, 0.25) is 5.91 Å². The van der Waals surface area contributed by atoms with Crippen LogP contribution in [0, 0.1) is 5.92 Å². The Labute approximate surface area is 139 Å². The van der Waals surface area contributed by atoms with E-state index in [1.807, 2.05) is 19.1 Å². The van der Waals surface area contributed by atoms with Gasteiger partial charge in [0.05, 0.1) is 6.04 Å². The van der Waals surface area contributed by atoms with E-state index in [0.717, 1.165) is 24.0 Å². The summed E-state index contributed by atoms with van der Waals surface area (Å²) >= 11 is 0. The maximum absolute atomic E-state index is 12.1. The Morgan fingerprint density at radius 3 is 2.26 bits per heavy atom. The van der Waals surface area contributed by atoms with Crippen molar-refractivity contribution in [3.63, 3.8) is 0 Å². The molecule has 0 radical (unpaired) electrons. The van der Waals surface area contributed by atoms with Gasteiger partial charge in [-0.1, -0.05) is 38.1 Å². The molecule has 2 aromatic rings. The minimum atomic E-state index is 0.0352. The predicted molar refractivity (Wildman–Crippen MR) is 94.1 cm³/mol. The molecule has 0 saturated carbocycles. The topological polar surface area (TPSA) is 42.0 Å². The molecule has 1 aromatic carbocycles. The number of nitrogens with zero attached hydrogens (tertiary/aromatic N) is 1. The third kappa shape index (κ3) is 5.85. The van der Waals surface area contributed by atoms with E-state index in [-0.39, 0.29) is 11.9 Å². The van der Waals surface area contributed by atoms with Gasteiger partial charge in [0.1, 0.15) is 0 Å². The van der Waals surface area contributed by atoms with Crippen LogP contribution in [0.5, 0.6) is 0 Å². The summed E-state index contributed by atoms with van der Waals surface area (Å²) < 4.78 is 0. The van der Waals surface area contributed by atoms with Gasteiger partial charge in [-0.2, -0.15) is 0 Å². The molecular weight excluding hydrogens is 284 g/mol. The lowest BCUT2D eigenvalue weighted by atomic mass is 10.00.